The molecule has 3 heteroatoms. The van der Waals surface area contributed by atoms with Crippen molar-refractivity contribution in [2.75, 3.05) is 6.54 Å². The molecule has 0 spiro atoms. The Morgan fingerprint density at radius 3 is 2.74 bits per heavy atom. The molecule has 0 aliphatic carbocycles. The van der Waals surface area contributed by atoms with Crippen LogP contribution in [0.5, 0.6) is 0 Å². The molecule has 3 rings (SSSR count). The monoisotopic (exact) mass is 258 g/mol. The molecule has 1 amide bonds. The first-order valence-electron chi connectivity index (χ1n) is 7.19. The second-order valence-corrected chi connectivity index (χ2v) is 6.31. The first-order valence-corrected chi connectivity index (χ1v) is 7.19. The van der Waals surface area contributed by atoms with Crippen LogP contribution >= 0.6 is 0 Å². The highest BCUT2D eigenvalue weighted by atomic mass is 16.2. The Morgan fingerprint density at radius 2 is 2.05 bits per heavy atom. The van der Waals surface area contributed by atoms with Crippen LogP contribution in [0.3, 0.4) is 0 Å². The standard InChI is InChI=1S/C16H22N2O/c1-16(2)8-5-9-18(16)15(19)14-10-12-6-3-4-7-13(12)11-17-14/h3-4,6-7,14,17H,5,8-11H2,1-2H3/t14-/m1/s1. The lowest BCUT2D eigenvalue weighted by atomic mass is 9.94. The average Bonchev–Trinajstić information content (AvgIpc) is 2.77. The Kier molecular flexibility index (Phi) is 3.09. The van der Waals surface area contributed by atoms with E-state index in [0.29, 0.717) is 0 Å². The first kappa shape index (κ1) is 12.7. The molecule has 1 atom stereocenters. The van der Waals surface area contributed by atoms with Crippen LogP contribution in [0, 0.1) is 0 Å². The highest BCUT2D eigenvalue weighted by molar-refractivity contribution is 5.83. The van der Waals surface area contributed by atoms with Gasteiger partial charge in [-0.15, -0.1) is 0 Å². The van der Waals surface area contributed by atoms with Gasteiger partial charge >= 0.3 is 0 Å². The van der Waals surface area contributed by atoms with Gasteiger partial charge in [0.05, 0.1) is 6.04 Å². The number of benzene rings is 1. The van der Waals surface area contributed by atoms with Gasteiger partial charge in [0.1, 0.15) is 0 Å². The van der Waals surface area contributed by atoms with Gasteiger partial charge in [0.2, 0.25) is 5.91 Å². The zero-order valence-corrected chi connectivity index (χ0v) is 11.8. The summed E-state index contributed by atoms with van der Waals surface area (Å²) in [7, 11) is 0. The topological polar surface area (TPSA) is 32.3 Å². The summed E-state index contributed by atoms with van der Waals surface area (Å²) < 4.78 is 0. The normalized spacial score (nSPS) is 25.2. The molecule has 0 saturated carbocycles. The summed E-state index contributed by atoms with van der Waals surface area (Å²) in [6.45, 7) is 6.07. The molecule has 1 fully saturated rings. The van der Waals surface area contributed by atoms with Crippen LogP contribution in [0.2, 0.25) is 0 Å². The van der Waals surface area contributed by atoms with Crippen LogP contribution in [0.1, 0.15) is 37.8 Å². The summed E-state index contributed by atoms with van der Waals surface area (Å²) >= 11 is 0. The van der Waals surface area contributed by atoms with Crippen LogP contribution in [0.25, 0.3) is 0 Å². The van der Waals surface area contributed by atoms with E-state index in [1.54, 1.807) is 0 Å². The van der Waals surface area contributed by atoms with E-state index in [2.05, 4.69) is 48.3 Å². The third-order valence-electron chi connectivity index (χ3n) is 4.55. The van der Waals surface area contributed by atoms with Gasteiger partial charge in [0.25, 0.3) is 0 Å². The molecular weight excluding hydrogens is 236 g/mol. The van der Waals surface area contributed by atoms with E-state index in [-0.39, 0.29) is 17.5 Å². The summed E-state index contributed by atoms with van der Waals surface area (Å²) in [4.78, 5) is 14.8. The number of fused-ring (bicyclic) bond motifs is 1. The van der Waals surface area contributed by atoms with Crippen molar-refractivity contribution in [2.24, 2.45) is 0 Å². The number of amides is 1. The number of carbonyl (C=O) groups is 1. The van der Waals surface area contributed by atoms with Crippen LogP contribution in [0.4, 0.5) is 0 Å². The first-order chi connectivity index (χ1) is 9.08. The summed E-state index contributed by atoms with van der Waals surface area (Å²) in [5.74, 6) is 0.275. The number of hydrogen-bond acceptors (Lipinski definition) is 2. The fourth-order valence-electron chi connectivity index (χ4n) is 3.33. The Hall–Kier alpha value is -1.35. The van der Waals surface area contributed by atoms with Crippen molar-refractivity contribution in [2.45, 2.75) is 51.2 Å². The van der Waals surface area contributed by atoms with E-state index in [0.717, 1.165) is 32.4 Å². The molecule has 1 aromatic carbocycles. The molecule has 0 unspecified atom stereocenters. The maximum Gasteiger partial charge on any atom is 0.240 e. The van der Waals surface area contributed by atoms with Crippen LogP contribution < -0.4 is 5.32 Å². The minimum absolute atomic E-state index is 0.0235. The number of carbonyl (C=O) groups excluding carboxylic acids is 1. The Labute approximate surface area is 115 Å². The van der Waals surface area contributed by atoms with E-state index in [1.165, 1.54) is 11.1 Å². The maximum absolute atomic E-state index is 12.7. The molecule has 0 aromatic heterocycles. The second-order valence-electron chi connectivity index (χ2n) is 6.31. The zero-order chi connectivity index (χ0) is 13.5. The number of likely N-dealkylation sites (tertiary alicyclic amines) is 1. The van der Waals surface area contributed by atoms with E-state index in [1.807, 2.05) is 0 Å². The van der Waals surface area contributed by atoms with E-state index >= 15 is 0 Å². The summed E-state index contributed by atoms with van der Waals surface area (Å²) in [5, 5.41) is 3.40. The molecule has 0 bridgehead atoms. The fraction of sp³-hybridized carbons (Fsp3) is 0.562. The number of hydrogen-bond donors (Lipinski definition) is 1. The highest BCUT2D eigenvalue weighted by Crippen LogP contribution is 2.29. The van der Waals surface area contributed by atoms with E-state index in [9.17, 15) is 4.79 Å². The molecule has 2 heterocycles. The lowest BCUT2D eigenvalue weighted by Crippen LogP contribution is -2.53. The summed E-state index contributed by atoms with van der Waals surface area (Å²) in [6, 6.07) is 8.36. The molecule has 1 N–H and O–H groups in total. The number of rotatable bonds is 1. The van der Waals surface area contributed by atoms with Crippen molar-refractivity contribution in [3.63, 3.8) is 0 Å². The molecule has 3 nitrogen and oxygen atoms in total. The van der Waals surface area contributed by atoms with E-state index in [4.69, 9.17) is 0 Å². The molecule has 102 valence electrons. The number of nitrogens with one attached hydrogen (secondary N) is 1. The Morgan fingerprint density at radius 1 is 1.32 bits per heavy atom. The van der Waals surface area contributed by atoms with Gasteiger partial charge in [-0.25, -0.2) is 0 Å². The zero-order valence-electron chi connectivity index (χ0n) is 11.8. The van der Waals surface area contributed by atoms with Crippen molar-refractivity contribution in [3.8, 4) is 0 Å². The lowest BCUT2D eigenvalue weighted by Gasteiger charge is -2.36. The lowest BCUT2D eigenvalue weighted by molar-refractivity contribution is -0.136. The predicted octanol–water partition coefficient (Wildman–Crippen LogP) is 2.10. The minimum Gasteiger partial charge on any atom is -0.336 e. The van der Waals surface area contributed by atoms with Gasteiger partial charge in [0, 0.05) is 18.6 Å². The van der Waals surface area contributed by atoms with E-state index < -0.39 is 0 Å². The molecule has 0 radical (unpaired) electrons. The maximum atomic E-state index is 12.7. The highest BCUT2D eigenvalue weighted by Gasteiger charge is 2.38. The predicted molar refractivity (Wildman–Crippen MR) is 75.8 cm³/mol. The minimum atomic E-state index is -0.0488. The molecular formula is C16H22N2O. The van der Waals surface area contributed by atoms with Crippen molar-refractivity contribution in [1.29, 1.82) is 0 Å². The van der Waals surface area contributed by atoms with Gasteiger partial charge in [0.15, 0.2) is 0 Å². The third-order valence-corrected chi connectivity index (χ3v) is 4.55. The van der Waals surface area contributed by atoms with Crippen molar-refractivity contribution >= 4 is 5.91 Å². The Balaban J connectivity index is 1.76. The second kappa shape index (κ2) is 4.64. The van der Waals surface area contributed by atoms with Crippen LogP contribution in [-0.2, 0) is 17.8 Å². The molecule has 1 saturated heterocycles. The van der Waals surface area contributed by atoms with Gasteiger partial charge in [-0.05, 0) is 44.2 Å². The quantitative estimate of drug-likeness (QED) is 0.836. The van der Waals surface area contributed by atoms with Crippen molar-refractivity contribution in [1.82, 2.24) is 10.2 Å². The third kappa shape index (κ3) is 2.27. The van der Waals surface area contributed by atoms with Gasteiger partial charge in [-0.3, -0.25) is 4.79 Å². The van der Waals surface area contributed by atoms with Crippen molar-refractivity contribution < 1.29 is 4.79 Å². The van der Waals surface area contributed by atoms with Gasteiger partial charge in [-0.2, -0.15) is 0 Å². The van der Waals surface area contributed by atoms with Gasteiger partial charge in [-0.1, -0.05) is 24.3 Å². The fourth-order valence-corrected chi connectivity index (χ4v) is 3.33. The van der Waals surface area contributed by atoms with Crippen LogP contribution in [-0.4, -0.2) is 28.9 Å². The largest absolute Gasteiger partial charge is 0.336 e. The summed E-state index contributed by atoms with van der Waals surface area (Å²) in [5.41, 5.74) is 2.67. The average molecular weight is 258 g/mol. The van der Waals surface area contributed by atoms with Gasteiger partial charge < -0.3 is 10.2 Å². The number of nitrogens with zero attached hydrogens (tertiary/aromatic N) is 1. The van der Waals surface area contributed by atoms with Crippen LogP contribution in [0.15, 0.2) is 24.3 Å². The molecule has 2 aliphatic rings. The molecule has 19 heavy (non-hydrogen) atoms. The molecule has 1 aromatic rings. The van der Waals surface area contributed by atoms with Crippen molar-refractivity contribution in [3.05, 3.63) is 35.4 Å². The smallest absolute Gasteiger partial charge is 0.240 e. The summed E-state index contributed by atoms with van der Waals surface area (Å²) in [6.07, 6.45) is 3.06. The molecule has 2 aliphatic heterocycles. The SMILES string of the molecule is CC1(C)CCCN1C(=O)[C@H]1Cc2ccccc2CN1. The Bertz CT molecular complexity index is 495.